The molecule has 0 aliphatic rings. The minimum absolute atomic E-state index is 0.132. The van der Waals surface area contributed by atoms with E-state index in [4.69, 9.17) is 21.7 Å². The van der Waals surface area contributed by atoms with Crippen molar-refractivity contribution in [1.82, 2.24) is 5.32 Å². The van der Waals surface area contributed by atoms with E-state index >= 15 is 0 Å². The minimum Gasteiger partial charge on any atom is -0.493 e. The van der Waals surface area contributed by atoms with Crippen LogP contribution in [0.5, 0.6) is 11.5 Å². The van der Waals surface area contributed by atoms with Crippen LogP contribution in [0, 0.1) is 0 Å². The minimum atomic E-state index is -0.428. The number of anilines is 1. The van der Waals surface area contributed by atoms with E-state index in [0.717, 1.165) is 5.56 Å². The smallest absolute Gasteiger partial charge is 0.337 e. The molecule has 7 nitrogen and oxygen atoms in total. The second-order valence-corrected chi connectivity index (χ2v) is 5.87. The summed E-state index contributed by atoms with van der Waals surface area (Å²) >= 11 is 5.12. The second-order valence-electron chi connectivity index (χ2n) is 5.46. The van der Waals surface area contributed by atoms with Gasteiger partial charge in [0.2, 0.25) is 5.91 Å². The first-order valence-corrected chi connectivity index (χ1v) is 8.58. The lowest BCUT2D eigenvalue weighted by atomic mass is 10.2. The van der Waals surface area contributed by atoms with Gasteiger partial charge >= 0.3 is 5.97 Å². The summed E-state index contributed by atoms with van der Waals surface area (Å²) in [6, 6.07) is 11.8. The topological polar surface area (TPSA) is 85.9 Å². The van der Waals surface area contributed by atoms with Crippen molar-refractivity contribution in [3.63, 3.8) is 0 Å². The number of amides is 1. The first-order valence-electron chi connectivity index (χ1n) is 8.17. The summed E-state index contributed by atoms with van der Waals surface area (Å²) in [6.45, 7) is 0. The van der Waals surface area contributed by atoms with Gasteiger partial charge in [0, 0.05) is 11.8 Å². The Morgan fingerprint density at radius 3 is 2.25 bits per heavy atom. The molecule has 0 aromatic heterocycles. The summed E-state index contributed by atoms with van der Waals surface area (Å²) in [7, 11) is 4.41. The maximum Gasteiger partial charge on any atom is 0.337 e. The maximum atomic E-state index is 12.0. The summed E-state index contributed by atoms with van der Waals surface area (Å²) < 4.78 is 15.0. The Morgan fingerprint density at radius 1 is 0.964 bits per heavy atom. The SMILES string of the molecule is COC(=O)c1ccc(NC(=S)NC(=O)/C=C/c2ccc(OC)c(OC)c2)cc1. The lowest BCUT2D eigenvalue weighted by molar-refractivity contribution is -0.115. The molecule has 2 rings (SSSR count). The zero-order valence-electron chi connectivity index (χ0n) is 15.6. The van der Waals surface area contributed by atoms with Crippen LogP contribution in [0.25, 0.3) is 6.08 Å². The average molecular weight is 400 g/mol. The summed E-state index contributed by atoms with van der Waals surface area (Å²) in [4.78, 5) is 23.4. The zero-order chi connectivity index (χ0) is 20.5. The van der Waals surface area contributed by atoms with E-state index in [0.29, 0.717) is 22.7 Å². The van der Waals surface area contributed by atoms with E-state index in [1.165, 1.54) is 13.2 Å². The van der Waals surface area contributed by atoms with Crippen molar-refractivity contribution in [2.75, 3.05) is 26.6 Å². The molecule has 0 fully saturated rings. The van der Waals surface area contributed by atoms with Crippen molar-refractivity contribution in [1.29, 1.82) is 0 Å². The molecule has 0 aliphatic heterocycles. The summed E-state index contributed by atoms with van der Waals surface area (Å²) in [5.74, 6) is 0.353. The molecule has 0 unspecified atom stereocenters. The number of hydrogen-bond donors (Lipinski definition) is 2. The molecule has 0 heterocycles. The van der Waals surface area contributed by atoms with Crippen molar-refractivity contribution < 1.29 is 23.8 Å². The van der Waals surface area contributed by atoms with E-state index in [2.05, 4.69) is 15.4 Å². The van der Waals surface area contributed by atoms with Crippen LogP contribution in [0.1, 0.15) is 15.9 Å². The molecule has 0 spiro atoms. The third-order valence-corrected chi connectivity index (χ3v) is 3.84. The molecular weight excluding hydrogens is 380 g/mol. The number of hydrogen-bond acceptors (Lipinski definition) is 6. The van der Waals surface area contributed by atoms with E-state index in [1.807, 2.05) is 0 Å². The Labute approximate surface area is 168 Å². The third kappa shape index (κ3) is 5.82. The fourth-order valence-electron chi connectivity index (χ4n) is 2.25. The molecule has 8 heteroatoms. The Bertz CT molecular complexity index is 894. The highest BCUT2D eigenvalue weighted by Gasteiger charge is 2.06. The van der Waals surface area contributed by atoms with Crippen LogP contribution >= 0.6 is 12.2 Å². The van der Waals surface area contributed by atoms with E-state index in [9.17, 15) is 9.59 Å². The van der Waals surface area contributed by atoms with Crippen LogP contribution < -0.4 is 20.1 Å². The predicted octanol–water partition coefficient (Wildman–Crippen LogP) is 3.02. The number of nitrogens with one attached hydrogen (secondary N) is 2. The fraction of sp³-hybridized carbons (Fsp3) is 0.150. The van der Waals surface area contributed by atoms with Crippen LogP contribution in [0.4, 0.5) is 5.69 Å². The van der Waals surface area contributed by atoms with Gasteiger partial charge in [-0.05, 0) is 60.3 Å². The van der Waals surface area contributed by atoms with Gasteiger partial charge in [-0.2, -0.15) is 0 Å². The lowest BCUT2D eigenvalue weighted by Gasteiger charge is -2.09. The van der Waals surface area contributed by atoms with E-state index in [-0.39, 0.29) is 5.11 Å². The molecule has 0 radical (unpaired) electrons. The van der Waals surface area contributed by atoms with Crippen LogP contribution in [-0.2, 0) is 9.53 Å². The highest BCUT2D eigenvalue weighted by atomic mass is 32.1. The Balaban J connectivity index is 1.92. The first-order chi connectivity index (χ1) is 13.5. The molecule has 0 bridgehead atoms. The highest BCUT2D eigenvalue weighted by Crippen LogP contribution is 2.27. The van der Waals surface area contributed by atoms with Gasteiger partial charge in [-0.3, -0.25) is 10.1 Å². The van der Waals surface area contributed by atoms with Gasteiger partial charge in [0.25, 0.3) is 0 Å². The molecule has 0 aliphatic carbocycles. The number of rotatable bonds is 6. The van der Waals surface area contributed by atoms with Crippen LogP contribution in [0.15, 0.2) is 48.5 Å². The molecule has 2 aromatic carbocycles. The monoisotopic (exact) mass is 400 g/mol. The standard InChI is InChI=1S/C20H20N2O5S/c1-25-16-10-4-13(12-17(16)26-2)5-11-18(23)22-20(28)21-15-8-6-14(7-9-15)19(24)27-3/h4-12H,1-3H3,(H2,21,22,23,28)/b11-5+. The van der Waals surface area contributed by atoms with Crippen LogP contribution in [-0.4, -0.2) is 38.3 Å². The summed E-state index contributed by atoms with van der Waals surface area (Å²) in [5.41, 5.74) is 1.81. The highest BCUT2D eigenvalue weighted by molar-refractivity contribution is 7.80. The zero-order valence-corrected chi connectivity index (χ0v) is 16.5. The van der Waals surface area contributed by atoms with E-state index in [1.54, 1.807) is 62.8 Å². The van der Waals surface area contributed by atoms with Crippen molar-refractivity contribution in [2.45, 2.75) is 0 Å². The van der Waals surface area contributed by atoms with Crippen molar-refractivity contribution >= 4 is 41.0 Å². The predicted molar refractivity (Wildman–Crippen MR) is 111 cm³/mol. The van der Waals surface area contributed by atoms with Crippen LogP contribution in [0.2, 0.25) is 0 Å². The van der Waals surface area contributed by atoms with Gasteiger partial charge in [-0.25, -0.2) is 4.79 Å². The van der Waals surface area contributed by atoms with Gasteiger partial charge < -0.3 is 19.5 Å². The number of esters is 1. The van der Waals surface area contributed by atoms with Gasteiger partial charge in [0.05, 0.1) is 26.9 Å². The molecule has 0 atom stereocenters. The van der Waals surface area contributed by atoms with Gasteiger partial charge in [0.15, 0.2) is 16.6 Å². The molecule has 146 valence electrons. The normalized spacial score (nSPS) is 10.2. The molecule has 0 saturated heterocycles. The second kappa shape index (κ2) is 10.1. The lowest BCUT2D eigenvalue weighted by Crippen LogP contribution is -2.32. The number of benzene rings is 2. The molecule has 0 saturated carbocycles. The number of carbonyl (C=O) groups excluding carboxylic acids is 2. The number of thiocarbonyl (C=S) groups is 1. The quantitative estimate of drug-likeness (QED) is 0.438. The molecular formula is C20H20N2O5S. The maximum absolute atomic E-state index is 12.0. The van der Waals surface area contributed by atoms with Crippen molar-refractivity contribution in [2.24, 2.45) is 0 Å². The number of methoxy groups -OCH3 is 3. The van der Waals surface area contributed by atoms with Crippen molar-refractivity contribution in [3.8, 4) is 11.5 Å². The average Bonchev–Trinajstić information content (AvgIpc) is 2.71. The third-order valence-electron chi connectivity index (χ3n) is 3.64. The molecule has 2 N–H and O–H groups in total. The largest absolute Gasteiger partial charge is 0.493 e. The number of ether oxygens (including phenoxy) is 3. The van der Waals surface area contributed by atoms with Crippen molar-refractivity contribution in [3.05, 3.63) is 59.7 Å². The molecule has 1 amide bonds. The molecule has 28 heavy (non-hydrogen) atoms. The summed E-state index contributed by atoms with van der Waals surface area (Å²) in [5, 5.41) is 5.54. The Kier molecular flexibility index (Phi) is 7.53. The van der Waals surface area contributed by atoms with Gasteiger partial charge in [-0.1, -0.05) is 6.07 Å². The van der Waals surface area contributed by atoms with Gasteiger partial charge in [0.1, 0.15) is 0 Å². The van der Waals surface area contributed by atoms with E-state index < -0.39 is 11.9 Å². The molecule has 2 aromatic rings. The Hall–Kier alpha value is -3.39. The van der Waals surface area contributed by atoms with Gasteiger partial charge in [-0.15, -0.1) is 0 Å². The number of carbonyl (C=O) groups is 2. The van der Waals surface area contributed by atoms with Crippen LogP contribution in [0.3, 0.4) is 0 Å². The Morgan fingerprint density at radius 2 is 1.64 bits per heavy atom. The first kappa shape index (κ1) is 20.9. The summed E-state index contributed by atoms with van der Waals surface area (Å²) in [6.07, 6.45) is 2.99. The fourth-order valence-corrected chi connectivity index (χ4v) is 2.47.